The highest BCUT2D eigenvalue weighted by Crippen LogP contribution is 2.11. The van der Waals surface area contributed by atoms with Gasteiger partial charge in [0.25, 0.3) is 0 Å². The zero-order valence-electron chi connectivity index (χ0n) is 13.6. The lowest BCUT2D eigenvalue weighted by molar-refractivity contribution is -0.124. The number of carbonyl (C=O) groups is 2. The number of hydrogen-bond donors (Lipinski definition) is 2. The fraction of sp³-hybridized carbons (Fsp3) is 0.529. The van der Waals surface area contributed by atoms with E-state index in [1.165, 1.54) is 5.56 Å². The maximum absolute atomic E-state index is 11.6. The summed E-state index contributed by atoms with van der Waals surface area (Å²) in [6.07, 6.45) is 1.09. The minimum absolute atomic E-state index is 0.000691. The van der Waals surface area contributed by atoms with Gasteiger partial charge in [-0.2, -0.15) is 0 Å². The summed E-state index contributed by atoms with van der Waals surface area (Å²) < 4.78 is 5.56. The number of carbonyl (C=O) groups excluding carboxylic acids is 2. The van der Waals surface area contributed by atoms with Crippen LogP contribution in [0.4, 0.5) is 0 Å². The van der Waals surface area contributed by atoms with Crippen LogP contribution in [0.3, 0.4) is 0 Å². The molecule has 2 amide bonds. The summed E-state index contributed by atoms with van der Waals surface area (Å²) in [5.41, 5.74) is 1.19. The lowest BCUT2D eigenvalue weighted by Crippen LogP contribution is -2.36. The molecule has 1 rings (SSSR count). The van der Waals surface area contributed by atoms with E-state index in [-0.39, 0.29) is 17.7 Å². The van der Waals surface area contributed by atoms with E-state index in [2.05, 4.69) is 10.6 Å². The van der Waals surface area contributed by atoms with Crippen LogP contribution in [0.25, 0.3) is 0 Å². The fourth-order valence-corrected chi connectivity index (χ4v) is 1.74. The molecule has 0 saturated carbocycles. The average Bonchev–Trinajstić information content (AvgIpc) is 2.49. The molecule has 22 heavy (non-hydrogen) atoms. The summed E-state index contributed by atoms with van der Waals surface area (Å²) in [4.78, 5) is 22.9. The minimum atomic E-state index is -0.0328. The maximum atomic E-state index is 11.6. The van der Waals surface area contributed by atoms with Gasteiger partial charge in [-0.05, 0) is 25.5 Å². The standard InChI is InChI=1S/C17H26N2O3/c1-13(2)17(21)19-11-10-18-16(20)5-4-12-22-15-8-6-14(3)7-9-15/h6-9,13H,4-5,10-12H2,1-3H3,(H,18,20)(H,19,21). The average molecular weight is 306 g/mol. The first-order chi connectivity index (χ1) is 10.5. The molecule has 1 aromatic carbocycles. The maximum Gasteiger partial charge on any atom is 0.222 e. The van der Waals surface area contributed by atoms with Gasteiger partial charge in [0.2, 0.25) is 11.8 Å². The molecule has 122 valence electrons. The Bertz CT molecular complexity index is 469. The summed E-state index contributed by atoms with van der Waals surface area (Å²) in [6, 6.07) is 7.83. The van der Waals surface area contributed by atoms with Crippen molar-refractivity contribution >= 4 is 11.8 Å². The van der Waals surface area contributed by atoms with Gasteiger partial charge >= 0.3 is 0 Å². The molecule has 0 aliphatic carbocycles. The van der Waals surface area contributed by atoms with Gasteiger partial charge in [-0.3, -0.25) is 9.59 Å². The van der Waals surface area contributed by atoms with E-state index < -0.39 is 0 Å². The van der Waals surface area contributed by atoms with Crippen molar-refractivity contribution in [1.82, 2.24) is 10.6 Å². The summed E-state index contributed by atoms with van der Waals surface area (Å²) in [7, 11) is 0. The third-order valence-corrected chi connectivity index (χ3v) is 3.11. The molecule has 0 aliphatic rings. The fourth-order valence-electron chi connectivity index (χ4n) is 1.74. The first-order valence-electron chi connectivity index (χ1n) is 7.73. The van der Waals surface area contributed by atoms with Crippen molar-refractivity contribution in [1.29, 1.82) is 0 Å². The SMILES string of the molecule is Cc1ccc(OCCCC(=O)NCCNC(=O)C(C)C)cc1. The van der Waals surface area contributed by atoms with Crippen LogP contribution in [0, 0.1) is 12.8 Å². The van der Waals surface area contributed by atoms with Crippen LogP contribution in [-0.4, -0.2) is 31.5 Å². The molecule has 0 spiro atoms. The molecule has 0 atom stereocenters. The van der Waals surface area contributed by atoms with E-state index in [1.54, 1.807) is 0 Å². The molecule has 0 unspecified atom stereocenters. The largest absolute Gasteiger partial charge is 0.494 e. The van der Waals surface area contributed by atoms with Crippen molar-refractivity contribution in [2.75, 3.05) is 19.7 Å². The third-order valence-electron chi connectivity index (χ3n) is 3.11. The Labute approximate surface area is 132 Å². The second-order valence-corrected chi connectivity index (χ2v) is 5.56. The van der Waals surface area contributed by atoms with Gasteiger partial charge in [-0.25, -0.2) is 0 Å². The Balaban J connectivity index is 2.04. The molecular weight excluding hydrogens is 280 g/mol. The highest BCUT2D eigenvalue weighted by atomic mass is 16.5. The lowest BCUT2D eigenvalue weighted by atomic mass is 10.2. The highest BCUT2D eigenvalue weighted by Gasteiger charge is 2.05. The Morgan fingerprint density at radius 3 is 2.36 bits per heavy atom. The third kappa shape index (κ3) is 7.67. The van der Waals surface area contributed by atoms with E-state index in [1.807, 2.05) is 45.0 Å². The first-order valence-corrected chi connectivity index (χ1v) is 7.73. The molecule has 0 aromatic heterocycles. The van der Waals surface area contributed by atoms with Gasteiger partial charge in [0.15, 0.2) is 0 Å². The monoisotopic (exact) mass is 306 g/mol. The molecule has 5 heteroatoms. The van der Waals surface area contributed by atoms with Crippen molar-refractivity contribution < 1.29 is 14.3 Å². The number of amides is 2. The van der Waals surface area contributed by atoms with Crippen LogP contribution in [0.2, 0.25) is 0 Å². The minimum Gasteiger partial charge on any atom is -0.494 e. The van der Waals surface area contributed by atoms with Crippen LogP contribution in [-0.2, 0) is 9.59 Å². The van der Waals surface area contributed by atoms with E-state index >= 15 is 0 Å². The second kappa shape index (κ2) is 9.82. The van der Waals surface area contributed by atoms with Crippen LogP contribution >= 0.6 is 0 Å². The zero-order chi connectivity index (χ0) is 16.4. The van der Waals surface area contributed by atoms with E-state index in [4.69, 9.17) is 4.74 Å². The van der Waals surface area contributed by atoms with Gasteiger partial charge in [-0.1, -0.05) is 31.5 Å². The Morgan fingerprint density at radius 2 is 1.73 bits per heavy atom. The Morgan fingerprint density at radius 1 is 1.09 bits per heavy atom. The molecule has 0 bridgehead atoms. The van der Waals surface area contributed by atoms with Gasteiger partial charge in [0, 0.05) is 25.4 Å². The molecule has 0 saturated heterocycles. The van der Waals surface area contributed by atoms with Gasteiger partial charge in [-0.15, -0.1) is 0 Å². The summed E-state index contributed by atoms with van der Waals surface area (Å²) in [5, 5.41) is 5.53. The second-order valence-electron chi connectivity index (χ2n) is 5.56. The zero-order valence-corrected chi connectivity index (χ0v) is 13.6. The van der Waals surface area contributed by atoms with Crippen LogP contribution in [0.1, 0.15) is 32.3 Å². The molecular formula is C17H26N2O3. The first kappa shape index (κ1) is 18.0. The summed E-state index contributed by atoms with van der Waals surface area (Å²) in [6.45, 7) is 7.13. The highest BCUT2D eigenvalue weighted by molar-refractivity contribution is 5.78. The van der Waals surface area contributed by atoms with Crippen molar-refractivity contribution in [2.45, 2.75) is 33.6 Å². The van der Waals surface area contributed by atoms with Crippen LogP contribution < -0.4 is 15.4 Å². The quantitative estimate of drug-likeness (QED) is 0.686. The predicted octanol–water partition coefficient (Wildman–Crippen LogP) is 2.04. The molecule has 1 aromatic rings. The smallest absolute Gasteiger partial charge is 0.222 e. The van der Waals surface area contributed by atoms with Crippen molar-refractivity contribution in [3.8, 4) is 5.75 Å². The number of aryl methyl sites for hydroxylation is 1. The number of hydrogen-bond acceptors (Lipinski definition) is 3. The molecule has 5 nitrogen and oxygen atoms in total. The number of rotatable bonds is 9. The number of benzene rings is 1. The van der Waals surface area contributed by atoms with Gasteiger partial charge in [0.1, 0.15) is 5.75 Å². The Kier molecular flexibility index (Phi) is 8.04. The Hall–Kier alpha value is -2.04. The number of ether oxygens (including phenoxy) is 1. The van der Waals surface area contributed by atoms with Crippen LogP contribution in [0.5, 0.6) is 5.75 Å². The molecule has 0 aliphatic heterocycles. The lowest BCUT2D eigenvalue weighted by Gasteiger charge is -2.09. The van der Waals surface area contributed by atoms with Crippen molar-refractivity contribution in [2.24, 2.45) is 5.92 Å². The summed E-state index contributed by atoms with van der Waals surface area (Å²) in [5.74, 6) is 0.768. The van der Waals surface area contributed by atoms with Crippen molar-refractivity contribution in [3.63, 3.8) is 0 Å². The van der Waals surface area contributed by atoms with E-state index in [9.17, 15) is 9.59 Å². The normalized spacial score (nSPS) is 10.4. The van der Waals surface area contributed by atoms with E-state index in [0.717, 1.165) is 5.75 Å². The van der Waals surface area contributed by atoms with Gasteiger partial charge in [0.05, 0.1) is 6.61 Å². The van der Waals surface area contributed by atoms with Crippen molar-refractivity contribution in [3.05, 3.63) is 29.8 Å². The van der Waals surface area contributed by atoms with Gasteiger partial charge < -0.3 is 15.4 Å². The van der Waals surface area contributed by atoms with E-state index in [0.29, 0.717) is 32.5 Å². The molecule has 0 fully saturated rings. The predicted molar refractivity (Wildman–Crippen MR) is 86.8 cm³/mol. The van der Waals surface area contributed by atoms with Crippen LogP contribution in [0.15, 0.2) is 24.3 Å². The number of nitrogens with one attached hydrogen (secondary N) is 2. The molecule has 2 N–H and O–H groups in total. The molecule has 0 heterocycles. The summed E-state index contributed by atoms with van der Waals surface area (Å²) >= 11 is 0. The topological polar surface area (TPSA) is 67.4 Å². The molecule has 0 radical (unpaired) electrons.